The summed E-state index contributed by atoms with van der Waals surface area (Å²) in [5, 5.41) is 5.92. The van der Waals surface area contributed by atoms with Gasteiger partial charge in [0.05, 0.1) is 7.11 Å². The molecular weight excluding hydrogens is 304 g/mol. The van der Waals surface area contributed by atoms with Crippen LogP contribution < -0.4 is 20.3 Å². The van der Waals surface area contributed by atoms with Crippen molar-refractivity contribution in [3.63, 3.8) is 0 Å². The molecule has 1 unspecified atom stereocenters. The number of ether oxygens (including phenoxy) is 1. The molecule has 2 amide bonds. The van der Waals surface area contributed by atoms with Crippen molar-refractivity contribution in [3.8, 4) is 5.75 Å². The fourth-order valence-corrected chi connectivity index (χ4v) is 2.79. The summed E-state index contributed by atoms with van der Waals surface area (Å²) in [4.78, 5) is 18.6. The third-order valence-electron chi connectivity index (χ3n) is 4.11. The van der Waals surface area contributed by atoms with Crippen molar-refractivity contribution >= 4 is 11.8 Å². The molecular formula is C18H22N4O2. The van der Waals surface area contributed by atoms with Crippen molar-refractivity contribution in [1.82, 2.24) is 15.6 Å². The first-order valence-corrected chi connectivity index (χ1v) is 8.08. The standard InChI is InChI=1S/C18H22N4O2/c1-24-16-7-5-14(6-8-16)12-20-18(23)21-15-9-11-22(13-15)17-4-2-3-10-19-17/h2-8,10,15H,9,11-13H2,1H3,(H2,20,21,23). The predicted molar refractivity (Wildman–Crippen MR) is 93.2 cm³/mol. The normalized spacial score (nSPS) is 16.7. The van der Waals surface area contributed by atoms with Crippen LogP contribution in [0.15, 0.2) is 48.7 Å². The average Bonchev–Trinajstić information content (AvgIpc) is 3.09. The van der Waals surface area contributed by atoms with Gasteiger partial charge in [-0.1, -0.05) is 18.2 Å². The highest BCUT2D eigenvalue weighted by molar-refractivity contribution is 5.74. The smallest absolute Gasteiger partial charge is 0.315 e. The quantitative estimate of drug-likeness (QED) is 0.884. The van der Waals surface area contributed by atoms with E-state index in [4.69, 9.17) is 4.74 Å². The van der Waals surface area contributed by atoms with Gasteiger partial charge in [0, 0.05) is 31.9 Å². The Labute approximate surface area is 141 Å². The van der Waals surface area contributed by atoms with Crippen LogP contribution in [0.2, 0.25) is 0 Å². The number of urea groups is 1. The van der Waals surface area contributed by atoms with E-state index in [1.165, 1.54) is 0 Å². The zero-order valence-corrected chi connectivity index (χ0v) is 13.7. The monoisotopic (exact) mass is 326 g/mol. The number of hydrogen-bond donors (Lipinski definition) is 2. The van der Waals surface area contributed by atoms with Crippen LogP contribution in [-0.4, -0.2) is 37.3 Å². The van der Waals surface area contributed by atoms with Crippen molar-refractivity contribution < 1.29 is 9.53 Å². The number of nitrogens with one attached hydrogen (secondary N) is 2. The number of anilines is 1. The van der Waals surface area contributed by atoms with Gasteiger partial charge in [0.1, 0.15) is 11.6 Å². The van der Waals surface area contributed by atoms with Crippen LogP contribution in [0.1, 0.15) is 12.0 Å². The Hall–Kier alpha value is -2.76. The van der Waals surface area contributed by atoms with Gasteiger partial charge in [-0.2, -0.15) is 0 Å². The maximum absolute atomic E-state index is 12.1. The van der Waals surface area contributed by atoms with Gasteiger partial charge in [-0.15, -0.1) is 0 Å². The Morgan fingerprint density at radius 1 is 1.29 bits per heavy atom. The molecule has 1 atom stereocenters. The number of hydrogen-bond acceptors (Lipinski definition) is 4. The Balaban J connectivity index is 1.44. The van der Waals surface area contributed by atoms with Crippen LogP contribution in [0.5, 0.6) is 5.75 Å². The van der Waals surface area contributed by atoms with Crippen LogP contribution in [0.3, 0.4) is 0 Å². The van der Waals surface area contributed by atoms with Gasteiger partial charge in [0.15, 0.2) is 0 Å². The molecule has 1 aromatic carbocycles. The van der Waals surface area contributed by atoms with Crippen LogP contribution in [0, 0.1) is 0 Å². The van der Waals surface area contributed by atoms with Gasteiger partial charge in [-0.25, -0.2) is 9.78 Å². The van der Waals surface area contributed by atoms with Crippen molar-refractivity contribution in [3.05, 3.63) is 54.2 Å². The zero-order valence-electron chi connectivity index (χ0n) is 13.7. The largest absolute Gasteiger partial charge is 0.497 e. The van der Waals surface area contributed by atoms with Crippen molar-refractivity contribution in [2.24, 2.45) is 0 Å². The first-order chi connectivity index (χ1) is 11.7. The van der Waals surface area contributed by atoms with Gasteiger partial charge in [-0.3, -0.25) is 0 Å². The highest BCUT2D eigenvalue weighted by Gasteiger charge is 2.24. The second-order valence-corrected chi connectivity index (χ2v) is 5.79. The molecule has 3 rings (SSSR count). The number of aromatic nitrogens is 1. The van der Waals surface area contributed by atoms with E-state index in [0.717, 1.165) is 36.6 Å². The van der Waals surface area contributed by atoms with E-state index in [1.54, 1.807) is 13.3 Å². The van der Waals surface area contributed by atoms with Crippen LogP contribution >= 0.6 is 0 Å². The molecule has 0 saturated carbocycles. The lowest BCUT2D eigenvalue weighted by molar-refractivity contribution is 0.237. The first kappa shape index (κ1) is 16.1. The molecule has 24 heavy (non-hydrogen) atoms. The summed E-state index contributed by atoms with van der Waals surface area (Å²) in [5.41, 5.74) is 1.03. The molecule has 2 aromatic rings. The number of rotatable bonds is 5. The lowest BCUT2D eigenvalue weighted by atomic mass is 10.2. The summed E-state index contributed by atoms with van der Waals surface area (Å²) in [6, 6.07) is 13.5. The van der Waals surface area contributed by atoms with Crippen molar-refractivity contribution in [2.45, 2.75) is 19.0 Å². The maximum Gasteiger partial charge on any atom is 0.315 e. The number of pyridine rings is 1. The lowest BCUT2D eigenvalue weighted by Gasteiger charge is -2.18. The van der Waals surface area contributed by atoms with E-state index < -0.39 is 0 Å². The van der Waals surface area contributed by atoms with E-state index in [2.05, 4.69) is 20.5 Å². The van der Waals surface area contributed by atoms with Crippen LogP contribution in [-0.2, 0) is 6.54 Å². The number of methoxy groups -OCH3 is 1. The number of carbonyl (C=O) groups excluding carboxylic acids is 1. The molecule has 1 aliphatic rings. The van der Waals surface area contributed by atoms with E-state index >= 15 is 0 Å². The Kier molecular flexibility index (Phi) is 5.15. The first-order valence-electron chi connectivity index (χ1n) is 8.08. The second-order valence-electron chi connectivity index (χ2n) is 5.79. The van der Waals surface area contributed by atoms with Crippen LogP contribution in [0.25, 0.3) is 0 Å². The van der Waals surface area contributed by atoms with E-state index in [9.17, 15) is 4.79 Å². The molecule has 2 N–H and O–H groups in total. The summed E-state index contributed by atoms with van der Waals surface area (Å²) in [5.74, 6) is 1.77. The van der Waals surface area contributed by atoms with Gasteiger partial charge < -0.3 is 20.3 Å². The van der Waals surface area contributed by atoms with Gasteiger partial charge >= 0.3 is 6.03 Å². The molecule has 1 saturated heterocycles. The predicted octanol–water partition coefficient (Wildman–Crippen LogP) is 2.17. The number of carbonyl (C=O) groups is 1. The minimum absolute atomic E-state index is 0.140. The average molecular weight is 326 g/mol. The third kappa shape index (κ3) is 4.16. The Morgan fingerprint density at radius 2 is 2.12 bits per heavy atom. The summed E-state index contributed by atoms with van der Waals surface area (Å²) in [6.07, 6.45) is 2.71. The van der Waals surface area contributed by atoms with Crippen molar-refractivity contribution in [2.75, 3.05) is 25.1 Å². The number of benzene rings is 1. The summed E-state index contributed by atoms with van der Waals surface area (Å²) in [7, 11) is 1.64. The summed E-state index contributed by atoms with van der Waals surface area (Å²) >= 11 is 0. The number of nitrogens with zero attached hydrogens (tertiary/aromatic N) is 2. The molecule has 0 bridgehead atoms. The Bertz CT molecular complexity index is 660. The molecule has 126 valence electrons. The minimum atomic E-state index is -0.140. The number of amides is 2. The fraction of sp³-hybridized carbons (Fsp3) is 0.333. The molecule has 6 heteroatoms. The molecule has 2 heterocycles. The summed E-state index contributed by atoms with van der Waals surface area (Å²) in [6.45, 7) is 2.18. The Morgan fingerprint density at radius 3 is 2.83 bits per heavy atom. The molecule has 1 fully saturated rings. The molecule has 1 aliphatic heterocycles. The third-order valence-corrected chi connectivity index (χ3v) is 4.11. The lowest BCUT2D eigenvalue weighted by Crippen LogP contribution is -2.43. The molecule has 6 nitrogen and oxygen atoms in total. The van der Waals surface area contributed by atoms with Gasteiger partial charge in [0.2, 0.25) is 0 Å². The molecule has 0 radical (unpaired) electrons. The topological polar surface area (TPSA) is 66.5 Å². The molecule has 0 spiro atoms. The molecule has 1 aromatic heterocycles. The fourth-order valence-electron chi connectivity index (χ4n) is 2.79. The minimum Gasteiger partial charge on any atom is -0.497 e. The highest BCUT2D eigenvalue weighted by Crippen LogP contribution is 2.17. The molecule has 0 aliphatic carbocycles. The van der Waals surface area contributed by atoms with E-state index in [0.29, 0.717) is 6.54 Å². The van der Waals surface area contributed by atoms with Crippen LogP contribution in [0.4, 0.5) is 10.6 Å². The van der Waals surface area contributed by atoms with Gasteiger partial charge in [-0.05, 0) is 36.2 Å². The highest BCUT2D eigenvalue weighted by atomic mass is 16.5. The van der Waals surface area contributed by atoms with E-state index in [1.807, 2.05) is 42.5 Å². The maximum atomic E-state index is 12.1. The SMILES string of the molecule is COc1ccc(CNC(=O)NC2CCN(c3ccccn3)C2)cc1. The van der Waals surface area contributed by atoms with Crippen molar-refractivity contribution in [1.29, 1.82) is 0 Å². The second kappa shape index (κ2) is 7.68. The van der Waals surface area contributed by atoms with Gasteiger partial charge in [0.25, 0.3) is 0 Å². The summed E-state index contributed by atoms with van der Waals surface area (Å²) < 4.78 is 5.12. The zero-order chi connectivity index (χ0) is 16.8. The van der Waals surface area contributed by atoms with E-state index in [-0.39, 0.29) is 12.1 Å².